The first-order valence-corrected chi connectivity index (χ1v) is 3.02. The first-order chi connectivity index (χ1) is 4.60. The molecule has 0 aromatic carbocycles. The number of hydrogen-bond acceptors (Lipinski definition) is 2. The molecule has 1 amide bonds. The van der Waals surface area contributed by atoms with Crippen molar-refractivity contribution in [3.63, 3.8) is 0 Å². The molecule has 1 atom stereocenters. The molecule has 1 aliphatic rings. The molecule has 1 fully saturated rings. The Kier molecular flexibility index (Phi) is 1.29. The van der Waals surface area contributed by atoms with E-state index in [0.717, 1.165) is 4.90 Å². The maximum atomic E-state index is 10.3. The molecular weight excluding hydrogens is 132 g/mol. The van der Waals surface area contributed by atoms with Crippen LogP contribution in [0.2, 0.25) is 0 Å². The number of nitriles is 1. The van der Waals surface area contributed by atoms with Crippen LogP contribution in [0.5, 0.6) is 0 Å². The van der Waals surface area contributed by atoms with Crippen molar-refractivity contribution in [2.45, 2.75) is 18.9 Å². The van der Waals surface area contributed by atoms with Crippen molar-refractivity contribution in [1.29, 1.82) is 5.26 Å². The molecule has 0 aliphatic carbocycles. The smallest absolute Gasteiger partial charge is 0.408 e. The van der Waals surface area contributed by atoms with Gasteiger partial charge in [-0.1, -0.05) is 0 Å². The highest BCUT2D eigenvalue weighted by molar-refractivity contribution is 5.68. The van der Waals surface area contributed by atoms with Crippen molar-refractivity contribution >= 4 is 6.09 Å². The Morgan fingerprint density at radius 3 is 2.60 bits per heavy atom. The topological polar surface area (TPSA) is 64.3 Å². The molecule has 10 heavy (non-hydrogen) atoms. The fourth-order valence-electron chi connectivity index (χ4n) is 0.982. The van der Waals surface area contributed by atoms with E-state index in [2.05, 4.69) is 0 Å². The minimum absolute atomic E-state index is 0.486. The summed E-state index contributed by atoms with van der Waals surface area (Å²) in [6.45, 7) is 2.12. The van der Waals surface area contributed by atoms with Crippen LogP contribution in [0.4, 0.5) is 4.79 Å². The lowest BCUT2D eigenvalue weighted by Crippen LogP contribution is -2.59. The maximum absolute atomic E-state index is 10.3. The Morgan fingerprint density at radius 1 is 1.90 bits per heavy atom. The largest absolute Gasteiger partial charge is 0.465 e. The van der Waals surface area contributed by atoms with Gasteiger partial charge in [-0.25, -0.2) is 4.79 Å². The zero-order valence-corrected chi connectivity index (χ0v) is 5.66. The van der Waals surface area contributed by atoms with Crippen LogP contribution in [0.1, 0.15) is 13.3 Å². The molecule has 1 heterocycles. The number of amides is 1. The van der Waals surface area contributed by atoms with E-state index in [1.807, 2.05) is 6.07 Å². The van der Waals surface area contributed by atoms with Gasteiger partial charge in [0.25, 0.3) is 0 Å². The Balaban J connectivity index is 2.69. The van der Waals surface area contributed by atoms with Crippen molar-refractivity contribution in [2.24, 2.45) is 0 Å². The van der Waals surface area contributed by atoms with Crippen molar-refractivity contribution < 1.29 is 9.90 Å². The van der Waals surface area contributed by atoms with Gasteiger partial charge in [-0.2, -0.15) is 5.26 Å². The van der Waals surface area contributed by atoms with Crippen LogP contribution >= 0.6 is 0 Å². The SMILES string of the molecule is CC1(C#N)CCN1C(=O)O. The molecule has 0 bridgehead atoms. The molecule has 4 nitrogen and oxygen atoms in total. The molecule has 0 saturated carbocycles. The van der Waals surface area contributed by atoms with Crippen molar-refractivity contribution in [3.05, 3.63) is 0 Å². The predicted octanol–water partition coefficient (Wildman–Crippen LogP) is 0.652. The fraction of sp³-hybridized carbons (Fsp3) is 0.667. The molecule has 1 saturated heterocycles. The van der Waals surface area contributed by atoms with Crippen LogP contribution in [0.25, 0.3) is 0 Å². The van der Waals surface area contributed by atoms with Crippen molar-refractivity contribution in [2.75, 3.05) is 6.54 Å². The summed E-state index contributed by atoms with van der Waals surface area (Å²) in [4.78, 5) is 11.5. The van der Waals surface area contributed by atoms with E-state index >= 15 is 0 Å². The third-order valence-corrected chi connectivity index (χ3v) is 1.89. The second-order valence-corrected chi connectivity index (χ2v) is 2.57. The molecule has 0 radical (unpaired) electrons. The summed E-state index contributed by atoms with van der Waals surface area (Å²) in [6, 6.07) is 1.95. The standard InChI is InChI=1S/C6H8N2O2/c1-6(4-7)2-3-8(6)5(9)10/h2-3H2,1H3,(H,9,10). The van der Waals surface area contributed by atoms with Gasteiger partial charge in [-0.15, -0.1) is 0 Å². The number of rotatable bonds is 0. The first-order valence-electron chi connectivity index (χ1n) is 3.02. The molecule has 0 aromatic heterocycles. The Labute approximate surface area is 58.7 Å². The lowest BCUT2D eigenvalue weighted by atomic mass is 9.89. The number of carboxylic acid groups (broad SMARTS) is 1. The molecule has 1 unspecified atom stereocenters. The Hall–Kier alpha value is -1.24. The predicted molar refractivity (Wildman–Crippen MR) is 33.4 cm³/mol. The average molecular weight is 140 g/mol. The van der Waals surface area contributed by atoms with Crippen LogP contribution in [0.15, 0.2) is 0 Å². The molecule has 0 spiro atoms. The van der Waals surface area contributed by atoms with Crippen molar-refractivity contribution in [3.8, 4) is 6.07 Å². The molecule has 4 heteroatoms. The fourth-order valence-corrected chi connectivity index (χ4v) is 0.982. The van der Waals surface area contributed by atoms with E-state index in [4.69, 9.17) is 10.4 Å². The van der Waals surface area contributed by atoms with Gasteiger partial charge >= 0.3 is 6.09 Å². The van der Waals surface area contributed by atoms with E-state index in [-0.39, 0.29) is 0 Å². The molecule has 1 rings (SSSR count). The summed E-state index contributed by atoms with van der Waals surface area (Å²) in [6.07, 6.45) is -0.356. The van der Waals surface area contributed by atoms with Gasteiger partial charge < -0.3 is 5.11 Å². The quantitative estimate of drug-likeness (QED) is 0.537. The number of nitrogens with zero attached hydrogens (tertiary/aromatic N) is 2. The van der Waals surface area contributed by atoms with Crippen LogP contribution < -0.4 is 0 Å². The summed E-state index contributed by atoms with van der Waals surface area (Å²) in [5.41, 5.74) is -0.758. The second-order valence-electron chi connectivity index (χ2n) is 2.57. The van der Waals surface area contributed by atoms with E-state index in [9.17, 15) is 4.79 Å². The van der Waals surface area contributed by atoms with Crippen LogP contribution in [0.3, 0.4) is 0 Å². The van der Waals surface area contributed by atoms with Gasteiger partial charge in [0.05, 0.1) is 6.07 Å². The number of likely N-dealkylation sites (tertiary alicyclic amines) is 1. The minimum Gasteiger partial charge on any atom is -0.465 e. The van der Waals surface area contributed by atoms with Gasteiger partial charge in [0.15, 0.2) is 0 Å². The lowest BCUT2D eigenvalue weighted by molar-refractivity contribution is 0.0473. The molecule has 1 N–H and O–H groups in total. The Morgan fingerprint density at radius 2 is 2.50 bits per heavy atom. The molecule has 0 aromatic rings. The van der Waals surface area contributed by atoms with Gasteiger partial charge in [0, 0.05) is 13.0 Å². The summed E-state index contributed by atoms with van der Waals surface area (Å²) in [5.74, 6) is 0. The first kappa shape index (κ1) is 6.87. The summed E-state index contributed by atoms with van der Waals surface area (Å²) in [7, 11) is 0. The van der Waals surface area contributed by atoms with Gasteiger partial charge in [0.2, 0.25) is 0 Å². The highest BCUT2D eigenvalue weighted by Crippen LogP contribution is 2.28. The highest BCUT2D eigenvalue weighted by atomic mass is 16.4. The van der Waals surface area contributed by atoms with Crippen molar-refractivity contribution in [1.82, 2.24) is 4.90 Å². The third-order valence-electron chi connectivity index (χ3n) is 1.89. The van der Waals surface area contributed by atoms with E-state index in [1.165, 1.54) is 0 Å². The number of hydrogen-bond donors (Lipinski definition) is 1. The maximum Gasteiger partial charge on any atom is 0.408 e. The van der Waals surface area contributed by atoms with E-state index in [1.54, 1.807) is 6.92 Å². The summed E-state index contributed by atoms with van der Waals surface area (Å²) < 4.78 is 0. The van der Waals surface area contributed by atoms with Crippen LogP contribution in [-0.4, -0.2) is 28.2 Å². The summed E-state index contributed by atoms with van der Waals surface area (Å²) in [5, 5.41) is 17.0. The van der Waals surface area contributed by atoms with Crippen LogP contribution in [-0.2, 0) is 0 Å². The zero-order valence-electron chi connectivity index (χ0n) is 5.66. The molecule has 1 aliphatic heterocycles. The molecular formula is C6H8N2O2. The lowest BCUT2D eigenvalue weighted by Gasteiger charge is -2.43. The van der Waals surface area contributed by atoms with Crippen LogP contribution in [0, 0.1) is 11.3 Å². The average Bonchev–Trinajstić information content (AvgIpc) is 1.83. The minimum atomic E-state index is -1.00. The monoisotopic (exact) mass is 140 g/mol. The zero-order chi connectivity index (χ0) is 7.78. The highest BCUT2D eigenvalue weighted by Gasteiger charge is 2.43. The molecule has 54 valence electrons. The number of carbonyl (C=O) groups is 1. The summed E-state index contributed by atoms with van der Waals surface area (Å²) >= 11 is 0. The third kappa shape index (κ3) is 0.711. The van der Waals surface area contributed by atoms with Gasteiger partial charge in [-0.3, -0.25) is 4.90 Å². The van der Waals surface area contributed by atoms with Gasteiger partial charge in [-0.05, 0) is 6.92 Å². The normalized spacial score (nSPS) is 30.6. The second kappa shape index (κ2) is 1.87. The van der Waals surface area contributed by atoms with E-state index in [0.29, 0.717) is 13.0 Å². The van der Waals surface area contributed by atoms with E-state index < -0.39 is 11.6 Å². The Bertz CT molecular complexity index is 208. The van der Waals surface area contributed by atoms with Gasteiger partial charge in [0.1, 0.15) is 5.54 Å².